The zero-order valence-corrected chi connectivity index (χ0v) is 18.8. The second-order valence-corrected chi connectivity index (χ2v) is 9.33. The molecule has 0 aliphatic rings. The fourth-order valence-corrected chi connectivity index (χ4v) is 4.22. The van der Waals surface area contributed by atoms with Crippen molar-refractivity contribution < 1.29 is 26.4 Å². The highest BCUT2D eigenvalue weighted by Crippen LogP contribution is 2.31. The summed E-state index contributed by atoms with van der Waals surface area (Å²) in [6.45, 7) is 0. The zero-order valence-electron chi connectivity index (χ0n) is 15.7. The summed E-state index contributed by atoms with van der Waals surface area (Å²) >= 11 is 17.6. The highest BCUT2D eigenvalue weighted by molar-refractivity contribution is 7.92. The van der Waals surface area contributed by atoms with E-state index in [1.165, 1.54) is 30.3 Å². The van der Waals surface area contributed by atoms with Crippen LogP contribution in [0.15, 0.2) is 65.6 Å². The van der Waals surface area contributed by atoms with E-state index in [1.807, 2.05) is 0 Å². The number of alkyl halides is 3. The Labute approximate surface area is 196 Å². The molecule has 3 rings (SSSR count). The predicted octanol–water partition coefficient (Wildman–Crippen LogP) is 6.72. The molecular weight excluding hydrogens is 512 g/mol. The standard InChI is InChI=1S/C20H12Cl3F3N2O3S/c21-12-3-8-18(28-32(30,31)14-6-7-16(22)17(23)10-14)15(9-12)19(29)27-13-4-1-11(2-5-13)20(24,25)26/h1-10,28H,(H,27,29). The first kappa shape index (κ1) is 24.2. The molecule has 0 fully saturated rings. The second-order valence-electron chi connectivity index (χ2n) is 6.40. The largest absolute Gasteiger partial charge is 0.416 e. The Morgan fingerprint density at radius 3 is 2.09 bits per heavy atom. The van der Waals surface area contributed by atoms with Crippen molar-refractivity contribution in [1.29, 1.82) is 0 Å². The maximum absolute atomic E-state index is 12.7. The van der Waals surface area contributed by atoms with Crippen molar-refractivity contribution in [2.24, 2.45) is 0 Å². The summed E-state index contributed by atoms with van der Waals surface area (Å²) in [6, 6.07) is 11.3. The van der Waals surface area contributed by atoms with Gasteiger partial charge in [0.2, 0.25) is 0 Å². The molecular formula is C20H12Cl3F3N2O3S. The number of hydrogen-bond acceptors (Lipinski definition) is 3. The van der Waals surface area contributed by atoms with Gasteiger partial charge in [-0.15, -0.1) is 0 Å². The summed E-state index contributed by atoms with van der Waals surface area (Å²) in [5.41, 5.74) is -1.07. The van der Waals surface area contributed by atoms with Crippen LogP contribution >= 0.6 is 34.8 Å². The average molecular weight is 524 g/mol. The van der Waals surface area contributed by atoms with E-state index in [2.05, 4.69) is 10.0 Å². The number of sulfonamides is 1. The number of anilines is 2. The lowest BCUT2D eigenvalue weighted by molar-refractivity contribution is -0.137. The molecule has 0 aromatic heterocycles. The number of carbonyl (C=O) groups excluding carboxylic acids is 1. The molecule has 0 saturated heterocycles. The van der Waals surface area contributed by atoms with Gasteiger partial charge in [0.15, 0.2) is 0 Å². The van der Waals surface area contributed by atoms with Crippen LogP contribution in [0.25, 0.3) is 0 Å². The van der Waals surface area contributed by atoms with E-state index in [-0.39, 0.29) is 36.9 Å². The van der Waals surface area contributed by atoms with Gasteiger partial charge in [-0.05, 0) is 60.7 Å². The van der Waals surface area contributed by atoms with Crippen LogP contribution in [0.2, 0.25) is 15.1 Å². The molecule has 5 nitrogen and oxygen atoms in total. The molecule has 1 amide bonds. The normalized spacial score (nSPS) is 11.8. The van der Waals surface area contributed by atoms with Gasteiger partial charge < -0.3 is 5.32 Å². The molecule has 0 spiro atoms. The third kappa shape index (κ3) is 5.66. The van der Waals surface area contributed by atoms with Crippen molar-refractivity contribution in [2.45, 2.75) is 11.1 Å². The van der Waals surface area contributed by atoms with Gasteiger partial charge in [0.25, 0.3) is 15.9 Å². The van der Waals surface area contributed by atoms with Crippen molar-refractivity contribution in [2.75, 3.05) is 10.0 Å². The summed E-state index contributed by atoms with van der Waals surface area (Å²) in [7, 11) is -4.16. The first-order valence-corrected chi connectivity index (χ1v) is 11.2. The number of carbonyl (C=O) groups is 1. The Balaban J connectivity index is 1.89. The molecule has 0 aliphatic heterocycles. The van der Waals surface area contributed by atoms with E-state index in [1.54, 1.807) is 0 Å². The summed E-state index contributed by atoms with van der Waals surface area (Å²) in [4.78, 5) is 12.5. The highest BCUT2D eigenvalue weighted by Gasteiger charge is 2.30. The maximum atomic E-state index is 12.7. The summed E-state index contributed by atoms with van der Waals surface area (Å²) in [6.07, 6.45) is -4.52. The quantitative estimate of drug-likeness (QED) is 0.390. The van der Waals surface area contributed by atoms with Gasteiger partial charge >= 0.3 is 6.18 Å². The lowest BCUT2D eigenvalue weighted by atomic mass is 10.1. The van der Waals surface area contributed by atoms with Crippen molar-refractivity contribution >= 4 is 62.1 Å². The number of rotatable bonds is 5. The Kier molecular flexibility index (Phi) is 6.94. The minimum Gasteiger partial charge on any atom is -0.322 e. The fourth-order valence-electron chi connectivity index (χ4n) is 2.58. The smallest absolute Gasteiger partial charge is 0.322 e. The zero-order chi connectivity index (χ0) is 23.7. The average Bonchev–Trinajstić information content (AvgIpc) is 2.70. The van der Waals surface area contributed by atoms with E-state index in [0.29, 0.717) is 0 Å². The third-order valence-electron chi connectivity index (χ3n) is 4.14. The Hall–Kier alpha value is -2.46. The van der Waals surface area contributed by atoms with Crippen molar-refractivity contribution in [3.8, 4) is 0 Å². The van der Waals surface area contributed by atoms with Crippen molar-refractivity contribution in [1.82, 2.24) is 0 Å². The van der Waals surface area contributed by atoms with Gasteiger partial charge in [-0.1, -0.05) is 34.8 Å². The van der Waals surface area contributed by atoms with Gasteiger partial charge in [0.1, 0.15) is 0 Å². The molecule has 0 unspecified atom stereocenters. The summed E-state index contributed by atoms with van der Waals surface area (Å²) in [5, 5.41) is 2.73. The van der Waals surface area contributed by atoms with Gasteiger partial charge in [-0.3, -0.25) is 9.52 Å². The summed E-state index contributed by atoms with van der Waals surface area (Å²) < 4.78 is 65.9. The number of hydrogen-bond donors (Lipinski definition) is 2. The van der Waals surface area contributed by atoms with E-state index >= 15 is 0 Å². The molecule has 0 aliphatic carbocycles. The molecule has 12 heteroatoms. The second kappa shape index (κ2) is 9.19. The number of benzene rings is 3. The van der Waals surface area contributed by atoms with Crippen molar-refractivity contribution in [3.63, 3.8) is 0 Å². The summed E-state index contributed by atoms with van der Waals surface area (Å²) in [5.74, 6) is -0.793. The van der Waals surface area contributed by atoms with Gasteiger partial charge in [-0.2, -0.15) is 13.2 Å². The lowest BCUT2D eigenvalue weighted by Crippen LogP contribution is -2.19. The van der Waals surface area contributed by atoms with Crippen LogP contribution in [-0.4, -0.2) is 14.3 Å². The van der Waals surface area contributed by atoms with Gasteiger partial charge in [0.05, 0.1) is 31.8 Å². The minimum atomic E-state index is -4.52. The number of halogens is 6. The first-order chi connectivity index (χ1) is 14.9. The molecule has 32 heavy (non-hydrogen) atoms. The molecule has 0 saturated carbocycles. The molecule has 2 N–H and O–H groups in total. The van der Waals surface area contributed by atoms with Gasteiger partial charge in [-0.25, -0.2) is 8.42 Å². The molecule has 3 aromatic carbocycles. The first-order valence-electron chi connectivity index (χ1n) is 8.63. The van der Waals surface area contributed by atoms with Crippen LogP contribution in [-0.2, 0) is 16.2 Å². The molecule has 168 valence electrons. The SMILES string of the molecule is O=C(Nc1ccc(C(F)(F)F)cc1)c1cc(Cl)ccc1NS(=O)(=O)c1ccc(Cl)c(Cl)c1. The molecule has 0 bridgehead atoms. The molecule has 3 aromatic rings. The highest BCUT2D eigenvalue weighted by atomic mass is 35.5. The van der Waals surface area contributed by atoms with Crippen LogP contribution < -0.4 is 10.0 Å². The van der Waals surface area contributed by atoms with E-state index in [4.69, 9.17) is 34.8 Å². The maximum Gasteiger partial charge on any atom is 0.416 e. The van der Waals surface area contributed by atoms with Crippen LogP contribution in [0.5, 0.6) is 0 Å². The van der Waals surface area contributed by atoms with Crippen LogP contribution in [0.3, 0.4) is 0 Å². The predicted molar refractivity (Wildman–Crippen MR) is 118 cm³/mol. The monoisotopic (exact) mass is 522 g/mol. The van der Waals surface area contributed by atoms with E-state index in [9.17, 15) is 26.4 Å². The Morgan fingerprint density at radius 1 is 0.844 bits per heavy atom. The lowest BCUT2D eigenvalue weighted by Gasteiger charge is -2.14. The molecule has 0 atom stereocenters. The molecule has 0 heterocycles. The fraction of sp³-hybridized carbons (Fsp3) is 0.0500. The van der Waals surface area contributed by atoms with E-state index in [0.717, 1.165) is 30.3 Å². The Bertz CT molecular complexity index is 1280. The van der Waals surface area contributed by atoms with E-state index < -0.39 is 27.7 Å². The third-order valence-corrected chi connectivity index (χ3v) is 6.48. The Morgan fingerprint density at radius 2 is 1.50 bits per heavy atom. The topological polar surface area (TPSA) is 75.3 Å². The van der Waals surface area contributed by atoms with Crippen molar-refractivity contribution in [3.05, 3.63) is 86.9 Å². The number of amides is 1. The van der Waals surface area contributed by atoms with Crippen LogP contribution in [0, 0.1) is 0 Å². The molecule has 0 radical (unpaired) electrons. The van der Waals surface area contributed by atoms with Gasteiger partial charge in [0, 0.05) is 10.7 Å². The minimum absolute atomic E-state index is 0.0194. The number of nitrogens with one attached hydrogen (secondary N) is 2. The van der Waals surface area contributed by atoms with Crippen LogP contribution in [0.1, 0.15) is 15.9 Å². The van der Waals surface area contributed by atoms with Crippen LogP contribution in [0.4, 0.5) is 24.5 Å².